The topological polar surface area (TPSA) is 74.0 Å². The number of carboxylic acid groups (broad SMARTS) is 1. The Bertz CT molecular complexity index is 745. The molecule has 3 rings (SSSR count). The van der Waals surface area contributed by atoms with E-state index in [0.29, 0.717) is 5.17 Å². The van der Waals surface area contributed by atoms with Gasteiger partial charge in [-0.15, -0.1) is 0 Å². The van der Waals surface area contributed by atoms with E-state index in [0.717, 1.165) is 28.6 Å². The molecule has 2 aromatic rings. The van der Waals surface area contributed by atoms with Crippen molar-refractivity contribution in [1.82, 2.24) is 5.43 Å². The zero-order valence-electron chi connectivity index (χ0n) is 12.2. The highest BCUT2D eigenvalue weighted by Crippen LogP contribution is 2.26. The molecule has 1 heterocycles. The molecule has 1 aliphatic rings. The summed E-state index contributed by atoms with van der Waals surface area (Å²) in [5.74, 6) is -0.933. The number of amidine groups is 1. The van der Waals surface area contributed by atoms with Crippen LogP contribution in [0.4, 0.5) is 0 Å². The molecule has 116 valence electrons. The Morgan fingerprint density at radius 3 is 2.39 bits per heavy atom. The Balaban J connectivity index is 1.93. The van der Waals surface area contributed by atoms with Crippen LogP contribution in [0.25, 0.3) is 0 Å². The zero-order valence-corrected chi connectivity index (χ0v) is 13.0. The first-order valence-corrected chi connectivity index (χ1v) is 8.09. The molecule has 23 heavy (non-hydrogen) atoms. The molecule has 1 aliphatic heterocycles. The third-order valence-corrected chi connectivity index (χ3v) is 4.16. The average molecular weight is 325 g/mol. The summed E-state index contributed by atoms with van der Waals surface area (Å²) in [7, 11) is 0. The summed E-state index contributed by atoms with van der Waals surface area (Å²) in [4.78, 5) is 15.4. The van der Waals surface area contributed by atoms with E-state index in [-0.39, 0.29) is 11.8 Å². The molecule has 2 N–H and O–H groups in total. The molecule has 0 spiro atoms. The van der Waals surface area contributed by atoms with Crippen LogP contribution < -0.4 is 5.43 Å². The number of carbonyl (C=O) groups is 1. The van der Waals surface area contributed by atoms with Crippen LogP contribution in [0.3, 0.4) is 0 Å². The highest BCUT2D eigenvalue weighted by molar-refractivity contribution is 8.14. The van der Waals surface area contributed by atoms with Gasteiger partial charge in [-0.25, -0.2) is 4.99 Å². The minimum absolute atomic E-state index is 0.0521. The molecular formula is C17H15N3O2S. The van der Waals surface area contributed by atoms with Gasteiger partial charge in [0.05, 0.1) is 11.5 Å². The maximum atomic E-state index is 10.7. The first-order valence-electron chi connectivity index (χ1n) is 7.10. The first kappa shape index (κ1) is 15.3. The van der Waals surface area contributed by atoms with E-state index in [9.17, 15) is 4.79 Å². The van der Waals surface area contributed by atoms with Crippen molar-refractivity contribution >= 4 is 28.6 Å². The lowest BCUT2D eigenvalue weighted by atomic mass is 9.97. The zero-order chi connectivity index (χ0) is 16.1. The first-order chi connectivity index (χ1) is 11.2. The van der Waals surface area contributed by atoms with Gasteiger partial charge in [-0.3, -0.25) is 10.2 Å². The van der Waals surface area contributed by atoms with Crippen molar-refractivity contribution < 1.29 is 9.90 Å². The van der Waals surface area contributed by atoms with Gasteiger partial charge in [-0.2, -0.15) is 5.10 Å². The minimum atomic E-state index is -0.881. The number of aliphatic carboxylic acids is 1. The standard InChI is InChI=1S/C17H15N3O2S/c21-14(22)11-23-17-18-15(12-7-3-1-4-8-12)16(19-20-17)13-9-5-2-6-10-13/h1-10,15H,11H2,(H,18,20)(H,21,22)/t15-/m1/s1. The van der Waals surface area contributed by atoms with Crippen LogP contribution in [0.15, 0.2) is 70.8 Å². The van der Waals surface area contributed by atoms with Crippen molar-refractivity contribution in [1.29, 1.82) is 0 Å². The Labute approximate surface area is 138 Å². The average Bonchev–Trinajstić information content (AvgIpc) is 2.61. The minimum Gasteiger partial charge on any atom is -0.481 e. The van der Waals surface area contributed by atoms with Gasteiger partial charge in [0.1, 0.15) is 6.04 Å². The summed E-state index contributed by atoms with van der Waals surface area (Å²) in [5, 5.41) is 13.8. The second-order valence-electron chi connectivity index (χ2n) is 4.90. The van der Waals surface area contributed by atoms with E-state index < -0.39 is 5.97 Å². The van der Waals surface area contributed by atoms with E-state index in [2.05, 4.69) is 15.5 Å². The molecule has 0 fully saturated rings. The molecule has 1 atom stereocenters. The molecule has 0 saturated heterocycles. The molecular weight excluding hydrogens is 310 g/mol. The maximum absolute atomic E-state index is 10.7. The fourth-order valence-corrected chi connectivity index (χ4v) is 2.83. The summed E-state index contributed by atoms with van der Waals surface area (Å²) in [5.41, 5.74) is 5.68. The molecule has 0 radical (unpaired) electrons. The third-order valence-electron chi connectivity index (χ3n) is 3.29. The molecule has 0 amide bonds. The van der Waals surface area contributed by atoms with Gasteiger partial charge in [0, 0.05) is 5.56 Å². The number of nitrogens with zero attached hydrogens (tertiary/aromatic N) is 2. The SMILES string of the molecule is O=C(O)CSC1=N[C@H](c2ccccc2)C(c2ccccc2)=NN1. The fraction of sp³-hybridized carbons (Fsp3) is 0.118. The molecule has 5 nitrogen and oxygen atoms in total. The van der Waals surface area contributed by atoms with Gasteiger partial charge in [-0.1, -0.05) is 72.4 Å². The van der Waals surface area contributed by atoms with Crippen LogP contribution in [0.1, 0.15) is 17.2 Å². The molecule has 0 saturated carbocycles. The number of thioether (sulfide) groups is 1. The highest BCUT2D eigenvalue weighted by atomic mass is 32.2. The molecule has 0 unspecified atom stereocenters. The van der Waals surface area contributed by atoms with E-state index in [1.54, 1.807) is 0 Å². The Morgan fingerprint density at radius 1 is 1.09 bits per heavy atom. The quantitative estimate of drug-likeness (QED) is 0.906. The summed E-state index contributed by atoms with van der Waals surface area (Å²) in [6, 6.07) is 19.5. The van der Waals surface area contributed by atoms with E-state index in [1.807, 2.05) is 60.7 Å². The number of carboxylic acids is 1. The number of nitrogens with one attached hydrogen (secondary N) is 1. The van der Waals surface area contributed by atoms with Crippen LogP contribution in [-0.2, 0) is 4.79 Å². The lowest BCUT2D eigenvalue weighted by Crippen LogP contribution is -2.28. The highest BCUT2D eigenvalue weighted by Gasteiger charge is 2.24. The third kappa shape index (κ3) is 3.78. The largest absolute Gasteiger partial charge is 0.481 e. The second kappa shape index (κ2) is 7.11. The molecule has 0 aliphatic carbocycles. The van der Waals surface area contributed by atoms with Gasteiger partial charge >= 0.3 is 5.97 Å². The van der Waals surface area contributed by atoms with Crippen molar-refractivity contribution in [2.24, 2.45) is 10.1 Å². The van der Waals surface area contributed by atoms with E-state index in [1.165, 1.54) is 0 Å². The van der Waals surface area contributed by atoms with Crippen LogP contribution in [0.2, 0.25) is 0 Å². The fourth-order valence-electron chi connectivity index (χ4n) is 2.28. The monoisotopic (exact) mass is 325 g/mol. The smallest absolute Gasteiger partial charge is 0.313 e. The number of hydrazone groups is 1. The van der Waals surface area contributed by atoms with Gasteiger partial charge < -0.3 is 5.11 Å². The number of hydrogen-bond acceptors (Lipinski definition) is 5. The molecule has 0 aromatic heterocycles. The molecule has 2 aromatic carbocycles. The van der Waals surface area contributed by atoms with Crippen molar-refractivity contribution in [3.8, 4) is 0 Å². The molecule has 6 heteroatoms. The van der Waals surface area contributed by atoms with Crippen molar-refractivity contribution in [3.05, 3.63) is 71.8 Å². The van der Waals surface area contributed by atoms with Gasteiger partial charge in [-0.05, 0) is 5.56 Å². The Morgan fingerprint density at radius 2 is 1.74 bits per heavy atom. The summed E-state index contributed by atoms with van der Waals surface area (Å²) >= 11 is 1.13. The number of hydrogen-bond donors (Lipinski definition) is 2. The van der Waals surface area contributed by atoms with Crippen molar-refractivity contribution in [2.45, 2.75) is 6.04 Å². The number of aliphatic imine (C=N–C) groups is 1. The number of benzene rings is 2. The lowest BCUT2D eigenvalue weighted by Gasteiger charge is -2.22. The van der Waals surface area contributed by atoms with Crippen LogP contribution in [-0.4, -0.2) is 27.7 Å². The van der Waals surface area contributed by atoms with Crippen LogP contribution in [0, 0.1) is 0 Å². The maximum Gasteiger partial charge on any atom is 0.313 e. The van der Waals surface area contributed by atoms with Crippen molar-refractivity contribution in [3.63, 3.8) is 0 Å². The second-order valence-corrected chi connectivity index (χ2v) is 5.87. The molecule has 0 bridgehead atoms. The summed E-state index contributed by atoms with van der Waals surface area (Å²) in [6.45, 7) is 0. The van der Waals surface area contributed by atoms with Crippen LogP contribution >= 0.6 is 11.8 Å². The van der Waals surface area contributed by atoms with Gasteiger partial charge in [0.15, 0.2) is 5.17 Å². The Kier molecular flexibility index (Phi) is 4.73. The van der Waals surface area contributed by atoms with Crippen molar-refractivity contribution in [2.75, 3.05) is 5.75 Å². The normalized spacial score (nSPS) is 17.0. The summed E-state index contributed by atoms with van der Waals surface area (Å²) in [6.07, 6.45) is 0. The van der Waals surface area contributed by atoms with Gasteiger partial charge in [0.2, 0.25) is 0 Å². The van der Waals surface area contributed by atoms with E-state index >= 15 is 0 Å². The van der Waals surface area contributed by atoms with Crippen LogP contribution in [0.5, 0.6) is 0 Å². The predicted molar refractivity (Wildman–Crippen MR) is 92.8 cm³/mol. The number of rotatable bonds is 4. The predicted octanol–water partition coefficient (Wildman–Crippen LogP) is 2.91. The lowest BCUT2D eigenvalue weighted by molar-refractivity contribution is -0.133. The van der Waals surface area contributed by atoms with E-state index in [4.69, 9.17) is 5.11 Å². The Hall–Kier alpha value is -2.60. The van der Waals surface area contributed by atoms with Gasteiger partial charge in [0.25, 0.3) is 0 Å². The summed E-state index contributed by atoms with van der Waals surface area (Å²) < 4.78 is 0.